The van der Waals surface area contributed by atoms with Gasteiger partial charge in [-0.25, -0.2) is 8.42 Å². The molecule has 0 radical (unpaired) electrons. The fourth-order valence-corrected chi connectivity index (χ4v) is 5.72. The molecule has 158 valence electrons. The number of likely N-dealkylation sites (N-methyl/N-ethyl adjacent to an activating group) is 1. The van der Waals surface area contributed by atoms with E-state index in [1.807, 2.05) is 24.4 Å². The third kappa shape index (κ3) is 4.20. The summed E-state index contributed by atoms with van der Waals surface area (Å²) in [6.07, 6.45) is 5.68. The van der Waals surface area contributed by atoms with Crippen LogP contribution in [0.3, 0.4) is 0 Å². The van der Waals surface area contributed by atoms with Crippen molar-refractivity contribution < 1.29 is 13.2 Å². The van der Waals surface area contributed by atoms with Gasteiger partial charge in [-0.1, -0.05) is 24.3 Å². The Labute approximate surface area is 178 Å². The molecule has 0 spiro atoms. The number of carbonyl (C=O) groups is 1. The monoisotopic (exact) mass is 424 g/mol. The van der Waals surface area contributed by atoms with Gasteiger partial charge < -0.3 is 4.90 Å². The van der Waals surface area contributed by atoms with Gasteiger partial charge in [-0.05, 0) is 74.7 Å². The molecule has 1 saturated heterocycles. The van der Waals surface area contributed by atoms with Crippen molar-refractivity contribution in [3.05, 3.63) is 65.9 Å². The van der Waals surface area contributed by atoms with E-state index in [0.717, 1.165) is 41.4 Å². The molecule has 1 unspecified atom stereocenters. The smallest absolute Gasteiger partial charge is 0.227 e. The van der Waals surface area contributed by atoms with E-state index < -0.39 is 9.84 Å². The summed E-state index contributed by atoms with van der Waals surface area (Å²) >= 11 is 0. The van der Waals surface area contributed by atoms with E-state index >= 15 is 0 Å². The minimum Gasteiger partial charge on any atom is -0.303 e. The second-order valence-electron chi connectivity index (χ2n) is 8.26. The lowest BCUT2D eigenvalue weighted by atomic mass is 10.0. The molecule has 2 aromatic carbocycles. The molecule has 5 nitrogen and oxygen atoms in total. The summed E-state index contributed by atoms with van der Waals surface area (Å²) in [7, 11) is -1.17. The second kappa shape index (κ2) is 8.36. The number of hydrogen-bond donors (Lipinski definition) is 0. The summed E-state index contributed by atoms with van der Waals surface area (Å²) in [5.41, 5.74) is 3.03. The fourth-order valence-electron chi connectivity index (χ4n) is 4.41. The minimum atomic E-state index is -3.32. The molecule has 1 aromatic heterocycles. The van der Waals surface area contributed by atoms with E-state index in [1.165, 1.54) is 6.42 Å². The number of aromatic nitrogens is 1. The average molecular weight is 425 g/mol. The first kappa shape index (κ1) is 20.8. The fraction of sp³-hybridized carbons (Fsp3) is 0.375. The van der Waals surface area contributed by atoms with Crippen LogP contribution in [0.5, 0.6) is 0 Å². The molecule has 1 atom stereocenters. The number of likely N-dealkylation sites (tertiary alicyclic amines) is 1. The highest BCUT2D eigenvalue weighted by Gasteiger charge is 2.23. The molecule has 0 aliphatic carbocycles. The molecule has 0 N–H and O–H groups in total. The van der Waals surface area contributed by atoms with Gasteiger partial charge in [0.2, 0.25) is 5.91 Å². The molecule has 6 heteroatoms. The van der Waals surface area contributed by atoms with Gasteiger partial charge in [0.15, 0.2) is 9.84 Å². The van der Waals surface area contributed by atoms with E-state index in [2.05, 4.69) is 18.0 Å². The number of nitrogens with zero attached hydrogens (tertiary/aromatic N) is 2. The van der Waals surface area contributed by atoms with Gasteiger partial charge in [0.05, 0.1) is 16.2 Å². The number of sulfone groups is 1. The second-order valence-corrected chi connectivity index (χ2v) is 10.4. The van der Waals surface area contributed by atoms with Crippen LogP contribution in [0.2, 0.25) is 0 Å². The van der Waals surface area contributed by atoms with Crippen molar-refractivity contribution in [1.82, 2.24) is 9.47 Å². The van der Waals surface area contributed by atoms with Crippen molar-refractivity contribution in [3.8, 4) is 0 Å². The third-order valence-corrected chi connectivity index (χ3v) is 7.91. The van der Waals surface area contributed by atoms with Crippen molar-refractivity contribution in [2.75, 3.05) is 19.3 Å². The Kier molecular flexibility index (Phi) is 5.80. The molecular weight excluding hydrogens is 396 g/mol. The van der Waals surface area contributed by atoms with Crippen LogP contribution in [0.1, 0.15) is 35.7 Å². The van der Waals surface area contributed by atoms with Crippen molar-refractivity contribution in [1.29, 1.82) is 0 Å². The van der Waals surface area contributed by atoms with Crippen LogP contribution in [0, 0.1) is 0 Å². The zero-order valence-electron chi connectivity index (χ0n) is 17.5. The number of fused-ring (bicyclic) bond motifs is 1. The number of benzene rings is 2. The van der Waals surface area contributed by atoms with Crippen molar-refractivity contribution in [3.63, 3.8) is 0 Å². The van der Waals surface area contributed by atoms with Crippen molar-refractivity contribution in [2.45, 2.75) is 43.5 Å². The molecular formula is C24H28N2O3S. The van der Waals surface area contributed by atoms with E-state index in [0.29, 0.717) is 17.4 Å². The van der Waals surface area contributed by atoms with Crippen molar-refractivity contribution in [2.24, 2.45) is 0 Å². The SMILES string of the molecule is CC(=O)n1cc(CC2CCCN2C)c2cc(CCS(=O)(=O)c3ccccc3)ccc21. The molecule has 3 aromatic rings. The first-order valence-electron chi connectivity index (χ1n) is 10.5. The predicted octanol–water partition coefficient (Wildman–Crippen LogP) is 3.95. The molecule has 0 saturated carbocycles. The number of carbonyl (C=O) groups excluding carboxylic acids is 1. The first-order valence-corrected chi connectivity index (χ1v) is 12.1. The van der Waals surface area contributed by atoms with Crippen LogP contribution in [0.4, 0.5) is 0 Å². The molecule has 4 rings (SSSR count). The maximum Gasteiger partial charge on any atom is 0.227 e. The summed E-state index contributed by atoms with van der Waals surface area (Å²) < 4.78 is 27.0. The molecule has 0 bridgehead atoms. The number of rotatable bonds is 6. The highest BCUT2D eigenvalue weighted by atomic mass is 32.2. The van der Waals surface area contributed by atoms with Crippen LogP contribution < -0.4 is 0 Å². The number of aryl methyl sites for hydroxylation is 1. The van der Waals surface area contributed by atoms with Gasteiger partial charge in [-0.2, -0.15) is 0 Å². The summed E-state index contributed by atoms with van der Waals surface area (Å²) in [6, 6.07) is 15.0. The quantitative estimate of drug-likeness (QED) is 0.601. The van der Waals surface area contributed by atoms with E-state index in [1.54, 1.807) is 35.8 Å². The summed E-state index contributed by atoms with van der Waals surface area (Å²) in [5, 5.41) is 1.06. The van der Waals surface area contributed by atoms with Crippen molar-refractivity contribution >= 4 is 26.6 Å². The molecule has 30 heavy (non-hydrogen) atoms. The van der Waals surface area contributed by atoms with Gasteiger partial charge in [-0.15, -0.1) is 0 Å². The van der Waals surface area contributed by atoms with Gasteiger partial charge in [0.25, 0.3) is 0 Å². The van der Waals surface area contributed by atoms with Crippen LogP contribution in [0.25, 0.3) is 10.9 Å². The maximum atomic E-state index is 12.6. The lowest BCUT2D eigenvalue weighted by Crippen LogP contribution is -2.26. The summed E-state index contributed by atoms with van der Waals surface area (Å²) in [5.74, 6) is 0.0572. The Bertz CT molecular complexity index is 1170. The lowest BCUT2D eigenvalue weighted by Gasteiger charge is -2.18. The third-order valence-electron chi connectivity index (χ3n) is 6.18. The highest BCUT2D eigenvalue weighted by molar-refractivity contribution is 7.91. The molecule has 2 heterocycles. The summed E-state index contributed by atoms with van der Waals surface area (Å²) in [6.45, 7) is 2.68. The van der Waals surface area contributed by atoms with Crippen LogP contribution >= 0.6 is 0 Å². The first-order chi connectivity index (χ1) is 14.3. The largest absolute Gasteiger partial charge is 0.303 e. The van der Waals surface area contributed by atoms with Crippen LogP contribution in [-0.4, -0.2) is 49.2 Å². The van der Waals surface area contributed by atoms with Gasteiger partial charge in [-0.3, -0.25) is 9.36 Å². The Hall–Kier alpha value is -2.44. The zero-order chi connectivity index (χ0) is 21.3. The van der Waals surface area contributed by atoms with Gasteiger partial charge in [0.1, 0.15) is 0 Å². The Morgan fingerprint density at radius 2 is 1.90 bits per heavy atom. The Balaban J connectivity index is 1.62. The summed E-state index contributed by atoms with van der Waals surface area (Å²) in [4.78, 5) is 14.9. The van der Waals surface area contributed by atoms with E-state index in [4.69, 9.17) is 0 Å². The normalized spacial score (nSPS) is 17.6. The van der Waals surface area contributed by atoms with E-state index in [-0.39, 0.29) is 11.7 Å². The minimum absolute atomic E-state index is 0.00886. The molecule has 1 aliphatic heterocycles. The molecule has 0 amide bonds. The lowest BCUT2D eigenvalue weighted by molar-refractivity contribution is 0.0941. The van der Waals surface area contributed by atoms with Gasteiger partial charge >= 0.3 is 0 Å². The molecule has 1 fully saturated rings. The highest BCUT2D eigenvalue weighted by Crippen LogP contribution is 2.28. The van der Waals surface area contributed by atoms with Crippen LogP contribution in [0.15, 0.2) is 59.6 Å². The Morgan fingerprint density at radius 1 is 1.13 bits per heavy atom. The standard InChI is InChI=1S/C24H28N2O3S/c1-18(27)26-17-20(16-21-7-6-13-25(21)2)23-15-19(10-11-24(23)26)12-14-30(28,29)22-8-4-3-5-9-22/h3-5,8-11,15,17,21H,6-7,12-14,16H2,1-2H3. The van der Waals surface area contributed by atoms with Crippen LogP contribution in [-0.2, 0) is 22.7 Å². The van der Waals surface area contributed by atoms with E-state index in [9.17, 15) is 13.2 Å². The zero-order valence-corrected chi connectivity index (χ0v) is 18.4. The average Bonchev–Trinajstić information content (AvgIpc) is 3.31. The van der Waals surface area contributed by atoms with Gasteiger partial charge in [0, 0.05) is 24.5 Å². The number of hydrogen-bond acceptors (Lipinski definition) is 4. The predicted molar refractivity (Wildman–Crippen MR) is 120 cm³/mol. The maximum absolute atomic E-state index is 12.6. The topological polar surface area (TPSA) is 59.4 Å². The molecule has 1 aliphatic rings. The Morgan fingerprint density at radius 3 is 2.57 bits per heavy atom.